The van der Waals surface area contributed by atoms with E-state index in [4.69, 9.17) is 9.47 Å². The molecule has 0 aliphatic heterocycles. The second kappa shape index (κ2) is 11.9. The first-order valence-corrected chi connectivity index (χ1v) is 9.66. The van der Waals surface area contributed by atoms with Gasteiger partial charge in [0.2, 0.25) is 0 Å². The van der Waals surface area contributed by atoms with E-state index in [0.29, 0.717) is 12.8 Å². The van der Waals surface area contributed by atoms with E-state index in [1.807, 2.05) is 13.8 Å². The number of carbonyl (C=O) groups excluding carboxylic acids is 2. The first-order chi connectivity index (χ1) is 12.0. The quantitative estimate of drug-likeness (QED) is 0.298. The minimum atomic E-state index is -0.742. The van der Waals surface area contributed by atoms with Gasteiger partial charge in [-0.15, -0.1) is 0 Å². The molecule has 0 N–H and O–H groups in total. The Hall–Kier alpha value is -1.58. The molecule has 0 spiro atoms. The summed E-state index contributed by atoms with van der Waals surface area (Å²) >= 11 is 0. The minimum absolute atomic E-state index is 0.0637. The lowest BCUT2D eigenvalue weighted by Gasteiger charge is -2.29. The van der Waals surface area contributed by atoms with Crippen molar-refractivity contribution in [1.82, 2.24) is 0 Å². The van der Waals surface area contributed by atoms with Gasteiger partial charge in [0, 0.05) is 18.8 Å². The molecule has 4 heteroatoms. The van der Waals surface area contributed by atoms with E-state index >= 15 is 0 Å². The summed E-state index contributed by atoms with van der Waals surface area (Å²) in [6, 6.07) is 0. The molecule has 1 aliphatic rings. The Labute approximate surface area is 152 Å². The summed E-state index contributed by atoms with van der Waals surface area (Å²) in [5.74, 6) is -0.501. The van der Waals surface area contributed by atoms with Crippen molar-refractivity contribution in [3.63, 3.8) is 0 Å². The van der Waals surface area contributed by atoms with Gasteiger partial charge in [-0.25, -0.2) is 0 Å². The van der Waals surface area contributed by atoms with Crippen LogP contribution in [-0.4, -0.2) is 18.2 Å². The lowest BCUT2D eigenvalue weighted by molar-refractivity contribution is -0.198. The second-order valence-electron chi connectivity index (χ2n) is 7.07. The number of ether oxygens (including phenoxy) is 2. The van der Waals surface area contributed by atoms with Crippen LogP contribution in [-0.2, 0) is 19.1 Å². The van der Waals surface area contributed by atoms with Gasteiger partial charge in [-0.1, -0.05) is 37.1 Å². The Kier molecular flexibility index (Phi) is 10.2. The zero-order valence-electron chi connectivity index (χ0n) is 16.3. The highest BCUT2D eigenvalue weighted by Gasteiger charge is 2.29. The molecule has 0 fully saturated rings. The van der Waals surface area contributed by atoms with Gasteiger partial charge in [0.05, 0.1) is 0 Å². The summed E-state index contributed by atoms with van der Waals surface area (Å²) in [7, 11) is 0. The first kappa shape index (κ1) is 21.5. The summed E-state index contributed by atoms with van der Waals surface area (Å²) in [6.07, 6.45) is 10.8. The van der Waals surface area contributed by atoms with Crippen molar-refractivity contribution in [3.8, 4) is 0 Å². The monoisotopic (exact) mass is 350 g/mol. The SMILES string of the molecule is CCCC(=O)OC(OC(=O)CCC)C1CC=C(CCC=C(C)C)CC1. The van der Waals surface area contributed by atoms with Gasteiger partial charge in [0.25, 0.3) is 6.29 Å². The van der Waals surface area contributed by atoms with Gasteiger partial charge in [-0.2, -0.15) is 0 Å². The van der Waals surface area contributed by atoms with E-state index in [-0.39, 0.29) is 17.9 Å². The molecule has 25 heavy (non-hydrogen) atoms. The third kappa shape index (κ3) is 8.89. The molecule has 1 rings (SSSR count). The molecular formula is C21H34O4. The zero-order valence-corrected chi connectivity index (χ0v) is 16.3. The lowest BCUT2D eigenvalue weighted by atomic mass is 9.87. The summed E-state index contributed by atoms with van der Waals surface area (Å²) < 4.78 is 10.9. The fourth-order valence-corrected chi connectivity index (χ4v) is 2.93. The maximum atomic E-state index is 11.9. The summed E-state index contributed by atoms with van der Waals surface area (Å²) in [5, 5.41) is 0. The van der Waals surface area contributed by atoms with Crippen LogP contribution in [0.4, 0.5) is 0 Å². The predicted molar refractivity (Wildman–Crippen MR) is 99.9 cm³/mol. The Morgan fingerprint density at radius 3 is 2.20 bits per heavy atom. The molecule has 0 aromatic carbocycles. The zero-order chi connectivity index (χ0) is 18.7. The molecule has 0 saturated heterocycles. The molecule has 1 aliphatic carbocycles. The predicted octanol–water partition coefficient (Wildman–Crippen LogP) is 5.47. The lowest BCUT2D eigenvalue weighted by Crippen LogP contribution is -2.33. The Balaban J connectivity index is 2.62. The van der Waals surface area contributed by atoms with Crippen LogP contribution < -0.4 is 0 Å². The molecule has 0 aromatic rings. The maximum Gasteiger partial charge on any atom is 0.308 e. The van der Waals surface area contributed by atoms with Gasteiger partial charge < -0.3 is 9.47 Å². The van der Waals surface area contributed by atoms with E-state index in [9.17, 15) is 9.59 Å². The first-order valence-electron chi connectivity index (χ1n) is 9.66. The van der Waals surface area contributed by atoms with Crippen molar-refractivity contribution in [2.24, 2.45) is 5.92 Å². The van der Waals surface area contributed by atoms with E-state index in [0.717, 1.165) is 44.9 Å². The van der Waals surface area contributed by atoms with Crippen molar-refractivity contribution in [3.05, 3.63) is 23.3 Å². The smallest absolute Gasteiger partial charge is 0.308 e. The summed E-state index contributed by atoms with van der Waals surface area (Å²) in [6.45, 7) is 8.10. The number of rotatable bonds is 10. The molecule has 142 valence electrons. The Morgan fingerprint density at radius 2 is 1.76 bits per heavy atom. The second-order valence-corrected chi connectivity index (χ2v) is 7.07. The average Bonchev–Trinajstić information content (AvgIpc) is 2.55. The standard InChI is InChI=1S/C21H34O4/c1-5-8-19(22)24-21(25-20(23)9-6-2)18-14-12-17(13-15-18)11-7-10-16(3)4/h10,12,18,21H,5-9,11,13-15H2,1-4H3. The van der Waals surface area contributed by atoms with Crippen LogP contribution in [0.1, 0.15) is 85.5 Å². The molecule has 0 bridgehead atoms. The van der Waals surface area contributed by atoms with Crippen molar-refractivity contribution in [1.29, 1.82) is 0 Å². The molecule has 0 radical (unpaired) electrons. The molecule has 0 aromatic heterocycles. The third-order valence-electron chi connectivity index (χ3n) is 4.35. The fourth-order valence-electron chi connectivity index (χ4n) is 2.93. The molecule has 1 atom stereocenters. The number of hydrogen-bond donors (Lipinski definition) is 0. The highest BCUT2D eigenvalue weighted by atomic mass is 16.7. The maximum absolute atomic E-state index is 11.9. The molecule has 1 unspecified atom stereocenters. The third-order valence-corrected chi connectivity index (χ3v) is 4.35. The number of hydrogen-bond acceptors (Lipinski definition) is 4. The van der Waals surface area contributed by atoms with Gasteiger partial charge in [-0.3, -0.25) is 9.59 Å². The number of allylic oxidation sites excluding steroid dienone is 4. The van der Waals surface area contributed by atoms with Crippen molar-refractivity contribution < 1.29 is 19.1 Å². The Morgan fingerprint density at radius 1 is 1.16 bits per heavy atom. The van der Waals surface area contributed by atoms with Crippen molar-refractivity contribution in [2.45, 2.75) is 91.8 Å². The van der Waals surface area contributed by atoms with E-state index in [2.05, 4.69) is 26.0 Å². The van der Waals surface area contributed by atoms with Crippen LogP contribution in [0.25, 0.3) is 0 Å². The van der Waals surface area contributed by atoms with E-state index in [1.54, 1.807) is 0 Å². The van der Waals surface area contributed by atoms with Crippen LogP contribution in [0.5, 0.6) is 0 Å². The average molecular weight is 350 g/mol. The summed E-state index contributed by atoms with van der Waals surface area (Å²) in [4.78, 5) is 23.7. The van der Waals surface area contributed by atoms with Gasteiger partial charge >= 0.3 is 11.9 Å². The Bertz CT molecular complexity index is 466. The van der Waals surface area contributed by atoms with Gasteiger partial charge in [0.15, 0.2) is 0 Å². The topological polar surface area (TPSA) is 52.6 Å². The highest BCUT2D eigenvalue weighted by Crippen LogP contribution is 2.31. The molecule has 4 nitrogen and oxygen atoms in total. The van der Waals surface area contributed by atoms with Crippen LogP contribution in [0.15, 0.2) is 23.3 Å². The number of carbonyl (C=O) groups is 2. The fraction of sp³-hybridized carbons (Fsp3) is 0.714. The van der Waals surface area contributed by atoms with Gasteiger partial charge in [-0.05, 0) is 58.8 Å². The van der Waals surface area contributed by atoms with E-state index < -0.39 is 6.29 Å². The van der Waals surface area contributed by atoms with Crippen molar-refractivity contribution in [2.75, 3.05) is 0 Å². The number of esters is 2. The minimum Gasteiger partial charge on any atom is -0.425 e. The van der Waals surface area contributed by atoms with Crippen LogP contribution >= 0.6 is 0 Å². The van der Waals surface area contributed by atoms with Crippen molar-refractivity contribution >= 4 is 11.9 Å². The highest BCUT2D eigenvalue weighted by molar-refractivity contribution is 5.71. The largest absolute Gasteiger partial charge is 0.425 e. The molecular weight excluding hydrogens is 316 g/mol. The summed E-state index contributed by atoms with van der Waals surface area (Å²) in [5.41, 5.74) is 2.80. The molecule has 0 amide bonds. The molecule has 0 heterocycles. The van der Waals surface area contributed by atoms with Crippen LogP contribution in [0.2, 0.25) is 0 Å². The van der Waals surface area contributed by atoms with Gasteiger partial charge in [0.1, 0.15) is 0 Å². The normalized spacial score (nSPS) is 17.0. The molecule has 0 saturated carbocycles. The van der Waals surface area contributed by atoms with Crippen LogP contribution in [0.3, 0.4) is 0 Å². The van der Waals surface area contributed by atoms with Crippen LogP contribution in [0, 0.1) is 5.92 Å². The van der Waals surface area contributed by atoms with E-state index in [1.165, 1.54) is 11.1 Å².